The highest BCUT2D eigenvalue weighted by Gasteiger charge is 2.38. The van der Waals surface area contributed by atoms with Gasteiger partial charge in [0.2, 0.25) is 0 Å². The number of carbonyl (C=O) groups is 1. The van der Waals surface area contributed by atoms with E-state index in [0.29, 0.717) is 26.1 Å². The van der Waals surface area contributed by atoms with Gasteiger partial charge in [0.15, 0.2) is 5.82 Å². The van der Waals surface area contributed by atoms with E-state index in [9.17, 15) is 21.6 Å². The van der Waals surface area contributed by atoms with Crippen molar-refractivity contribution in [2.75, 3.05) is 17.5 Å². The van der Waals surface area contributed by atoms with Crippen molar-refractivity contribution in [3.8, 4) is 0 Å². The quantitative estimate of drug-likeness (QED) is 0.735. The van der Waals surface area contributed by atoms with Crippen LogP contribution in [0.5, 0.6) is 0 Å². The molecule has 1 saturated heterocycles. The first-order chi connectivity index (χ1) is 10.9. The normalized spacial score (nSPS) is 16.2. The number of carboxylic acids is 1. The number of hydrogen-bond donors (Lipinski definition) is 2. The molecule has 0 bridgehead atoms. The molecule has 0 saturated carbocycles. The summed E-state index contributed by atoms with van der Waals surface area (Å²) in [7, 11) is -2.22. The molecule has 0 atom stereocenters. The van der Waals surface area contributed by atoms with E-state index < -0.39 is 22.4 Å². The van der Waals surface area contributed by atoms with Gasteiger partial charge in [-0.3, -0.25) is 0 Å². The summed E-state index contributed by atoms with van der Waals surface area (Å²) in [4.78, 5) is 10.2. The molecule has 0 amide bonds. The minimum Gasteiger partial charge on any atom is -0.475 e. The highest BCUT2D eigenvalue weighted by atomic mass is 32.2. The molecule has 0 radical (unpaired) electrons. The smallest absolute Gasteiger partial charge is 0.475 e. The van der Waals surface area contributed by atoms with Crippen molar-refractivity contribution in [1.82, 2.24) is 15.0 Å². The van der Waals surface area contributed by atoms with Crippen LogP contribution < -0.4 is 9.44 Å². The average molecular weight is 375 g/mol. The Morgan fingerprint density at radius 3 is 2.29 bits per heavy atom. The van der Waals surface area contributed by atoms with Gasteiger partial charge in [0, 0.05) is 20.3 Å². The van der Waals surface area contributed by atoms with Crippen molar-refractivity contribution >= 4 is 22.0 Å². The number of nitrogens with zero attached hydrogens (tertiary/aromatic N) is 4. The second-order valence-electron chi connectivity index (χ2n) is 4.68. The van der Waals surface area contributed by atoms with Gasteiger partial charge in [-0.05, 0) is 12.8 Å². The third-order valence-electron chi connectivity index (χ3n) is 2.85. The fraction of sp³-hybridized carbons (Fsp3) is 0.700. The monoisotopic (exact) mass is 375 g/mol. The summed E-state index contributed by atoms with van der Waals surface area (Å²) in [5, 5.41) is 20.2. The molecule has 0 aromatic carbocycles. The molecule has 2 heterocycles. The van der Waals surface area contributed by atoms with Crippen molar-refractivity contribution in [2.24, 2.45) is 12.2 Å². The standard InChI is InChI=1S/C8H15N5O3S.C2HF3O2/c1-12-10-6-8(11-12)13(17(9,14)15)7-2-4-16-5-3-7;3-2(4,5)1(6)7/h6-7H,2-5H2,1H3,(H2,9,14,15);(H,6,7). The number of ether oxygens (including phenoxy) is 1. The molecular formula is C10H16F3N5O5S. The number of hydrogen-bond acceptors (Lipinski definition) is 6. The van der Waals surface area contributed by atoms with Crippen LogP contribution in [0.3, 0.4) is 0 Å². The van der Waals surface area contributed by atoms with E-state index in [0.717, 1.165) is 4.31 Å². The van der Waals surface area contributed by atoms with Crippen molar-refractivity contribution in [3.63, 3.8) is 0 Å². The van der Waals surface area contributed by atoms with Gasteiger partial charge in [-0.25, -0.2) is 14.2 Å². The summed E-state index contributed by atoms with van der Waals surface area (Å²) >= 11 is 0. The Kier molecular flexibility index (Phi) is 6.50. The number of nitrogens with two attached hydrogens (primary N) is 1. The summed E-state index contributed by atoms with van der Waals surface area (Å²) < 4.78 is 61.3. The number of alkyl halides is 3. The second kappa shape index (κ2) is 7.76. The molecule has 1 aromatic heterocycles. The van der Waals surface area contributed by atoms with Gasteiger partial charge >= 0.3 is 22.4 Å². The zero-order chi connectivity index (χ0) is 18.5. The van der Waals surface area contributed by atoms with Crippen molar-refractivity contribution < 1.29 is 36.2 Å². The summed E-state index contributed by atoms with van der Waals surface area (Å²) in [6, 6.07) is -0.213. The molecule has 10 nitrogen and oxygen atoms in total. The van der Waals surface area contributed by atoms with Gasteiger partial charge in [-0.1, -0.05) is 0 Å². The topological polar surface area (TPSA) is 141 Å². The number of aromatic nitrogens is 3. The highest BCUT2D eigenvalue weighted by Crippen LogP contribution is 2.22. The molecule has 3 N–H and O–H groups in total. The minimum absolute atomic E-state index is 0.213. The Hall–Kier alpha value is -1.93. The van der Waals surface area contributed by atoms with E-state index >= 15 is 0 Å². The van der Waals surface area contributed by atoms with Crippen LogP contribution in [0.4, 0.5) is 19.0 Å². The van der Waals surface area contributed by atoms with Crippen LogP contribution in [0.15, 0.2) is 6.20 Å². The predicted molar refractivity (Wildman–Crippen MR) is 74.1 cm³/mol. The molecule has 1 aliphatic heterocycles. The van der Waals surface area contributed by atoms with Crippen LogP contribution in [0.1, 0.15) is 12.8 Å². The van der Waals surface area contributed by atoms with Gasteiger partial charge in [0.1, 0.15) is 0 Å². The lowest BCUT2D eigenvalue weighted by Crippen LogP contribution is -2.47. The number of aryl methyl sites for hydroxylation is 1. The number of rotatable bonds is 3. The first kappa shape index (κ1) is 20.1. The summed E-state index contributed by atoms with van der Waals surface area (Å²) in [5.74, 6) is -2.51. The lowest BCUT2D eigenvalue weighted by molar-refractivity contribution is -0.192. The maximum atomic E-state index is 11.6. The molecule has 0 unspecified atom stereocenters. The van der Waals surface area contributed by atoms with Crippen LogP contribution in [0, 0.1) is 0 Å². The fourth-order valence-electron chi connectivity index (χ4n) is 1.88. The van der Waals surface area contributed by atoms with Crippen LogP contribution in [-0.4, -0.2) is 59.9 Å². The number of carboxylic acid groups (broad SMARTS) is 1. The third-order valence-corrected chi connectivity index (χ3v) is 3.89. The van der Waals surface area contributed by atoms with Crippen molar-refractivity contribution in [2.45, 2.75) is 25.1 Å². The Balaban J connectivity index is 0.000000351. The summed E-state index contributed by atoms with van der Waals surface area (Å²) in [6.07, 6.45) is -2.49. The van der Waals surface area contributed by atoms with Crippen LogP contribution in [0.25, 0.3) is 0 Å². The number of halogens is 3. The van der Waals surface area contributed by atoms with Gasteiger partial charge in [-0.15, -0.1) is 5.10 Å². The second-order valence-corrected chi connectivity index (χ2v) is 6.10. The maximum Gasteiger partial charge on any atom is 0.490 e. The molecule has 1 fully saturated rings. The zero-order valence-corrected chi connectivity index (χ0v) is 13.3. The van der Waals surface area contributed by atoms with Gasteiger partial charge < -0.3 is 9.84 Å². The largest absolute Gasteiger partial charge is 0.490 e. The van der Waals surface area contributed by atoms with Gasteiger partial charge in [-0.2, -0.15) is 31.5 Å². The molecule has 0 aliphatic carbocycles. The molecule has 1 aliphatic rings. The summed E-state index contributed by atoms with van der Waals surface area (Å²) in [6.45, 7) is 1.05. The maximum absolute atomic E-state index is 11.6. The lowest BCUT2D eigenvalue weighted by Gasteiger charge is -2.31. The number of aliphatic carboxylic acids is 1. The number of anilines is 1. The van der Waals surface area contributed by atoms with E-state index in [1.54, 1.807) is 7.05 Å². The molecular weight excluding hydrogens is 359 g/mol. The van der Waals surface area contributed by atoms with Crippen LogP contribution in [0.2, 0.25) is 0 Å². The van der Waals surface area contributed by atoms with Gasteiger partial charge in [0.05, 0.1) is 12.2 Å². The molecule has 0 spiro atoms. The van der Waals surface area contributed by atoms with E-state index in [4.69, 9.17) is 19.8 Å². The Bertz CT molecular complexity index is 656. The molecule has 1 aromatic rings. The molecule has 138 valence electrons. The van der Waals surface area contributed by atoms with Crippen molar-refractivity contribution in [1.29, 1.82) is 0 Å². The van der Waals surface area contributed by atoms with Gasteiger partial charge in [0.25, 0.3) is 0 Å². The first-order valence-corrected chi connectivity index (χ1v) is 7.99. The predicted octanol–water partition coefficient (Wildman–Crippen LogP) is -0.363. The van der Waals surface area contributed by atoms with E-state index in [2.05, 4.69) is 10.2 Å². The highest BCUT2D eigenvalue weighted by molar-refractivity contribution is 7.90. The van der Waals surface area contributed by atoms with E-state index in [1.165, 1.54) is 11.0 Å². The first-order valence-electron chi connectivity index (χ1n) is 6.49. The fourth-order valence-corrected chi connectivity index (χ4v) is 2.85. The zero-order valence-electron chi connectivity index (χ0n) is 12.5. The lowest BCUT2D eigenvalue weighted by atomic mass is 10.1. The van der Waals surface area contributed by atoms with E-state index in [1.807, 2.05) is 0 Å². The van der Waals surface area contributed by atoms with Crippen molar-refractivity contribution in [3.05, 3.63) is 6.20 Å². The van der Waals surface area contributed by atoms with Crippen LogP contribution >= 0.6 is 0 Å². The molecule has 14 heteroatoms. The molecule has 2 rings (SSSR count). The minimum atomic E-state index is -5.08. The van der Waals surface area contributed by atoms with E-state index in [-0.39, 0.29) is 11.9 Å². The Labute approximate surface area is 135 Å². The summed E-state index contributed by atoms with van der Waals surface area (Å²) in [5.41, 5.74) is 0. The Morgan fingerprint density at radius 2 is 1.96 bits per heavy atom. The average Bonchev–Trinajstić information content (AvgIpc) is 2.84. The van der Waals surface area contributed by atoms with Crippen LogP contribution in [-0.2, 0) is 26.8 Å². The SMILES string of the molecule is Cn1ncc(N(C2CCOCC2)S(N)(=O)=O)n1.O=C(O)C(F)(F)F. The molecule has 24 heavy (non-hydrogen) atoms. The Morgan fingerprint density at radius 1 is 1.46 bits per heavy atom. The third kappa shape index (κ3) is 5.93.